The summed E-state index contributed by atoms with van der Waals surface area (Å²) in [6.07, 6.45) is 1.76. The Labute approximate surface area is 149 Å². The predicted octanol–water partition coefficient (Wildman–Crippen LogP) is 3.17. The minimum absolute atomic E-state index is 0.0106. The second-order valence-corrected chi connectivity index (χ2v) is 6.37. The van der Waals surface area contributed by atoms with Gasteiger partial charge in [-0.15, -0.1) is 0 Å². The van der Waals surface area contributed by atoms with Crippen molar-refractivity contribution < 1.29 is 13.9 Å². The Hall–Kier alpha value is -2.47. The van der Waals surface area contributed by atoms with Crippen LogP contribution in [-0.4, -0.2) is 37.7 Å². The maximum atomic E-state index is 12.1. The van der Waals surface area contributed by atoms with Crippen molar-refractivity contribution in [3.05, 3.63) is 54.0 Å². The predicted molar refractivity (Wildman–Crippen MR) is 97.6 cm³/mol. The van der Waals surface area contributed by atoms with Crippen molar-refractivity contribution >= 4 is 6.03 Å². The lowest BCUT2D eigenvalue weighted by Gasteiger charge is -2.22. The summed E-state index contributed by atoms with van der Waals surface area (Å²) in [5.74, 6) is 1.63. The lowest BCUT2D eigenvalue weighted by Crippen LogP contribution is -2.40. The molecule has 1 aromatic carbocycles. The Kier molecular flexibility index (Phi) is 6.89. The maximum absolute atomic E-state index is 12.1. The van der Waals surface area contributed by atoms with Crippen LogP contribution in [0.25, 0.3) is 0 Å². The van der Waals surface area contributed by atoms with Crippen molar-refractivity contribution in [2.75, 3.05) is 20.6 Å². The number of nitrogens with zero attached hydrogens (tertiary/aromatic N) is 1. The van der Waals surface area contributed by atoms with Crippen molar-refractivity contribution in [2.24, 2.45) is 0 Å². The van der Waals surface area contributed by atoms with E-state index in [1.54, 1.807) is 6.26 Å². The first kappa shape index (κ1) is 18.9. The Bertz CT molecular complexity index is 654. The fourth-order valence-electron chi connectivity index (χ4n) is 2.45. The SMILES string of the molecule is CC(C)Oc1cccc(CNC(=O)NCC(c2ccco2)N(C)C)c1. The first-order valence-corrected chi connectivity index (χ1v) is 8.43. The van der Waals surface area contributed by atoms with E-state index < -0.39 is 0 Å². The molecule has 2 rings (SSSR count). The molecule has 0 bridgehead atoms. The molecule has 0 spiro atoms. The average Bonchev–Trinajstić information content (AvgIpc) is 3.06. The molecule has 0 aliphatic carbocycles. The first-order chi connectivity index (χ1) is 12.0. The summed E-state index contributed by atoms with van der Waals surface area (Å²) in [4.78, 5) is 14.1. The molecule has 1 heterocycles. The van der Waals surface area contributed by atoms with E-state index in [0.29, 0.717) is 13.1 Å². The van der Waals surface area contributed by atoms with E-state index in [1.807, 2.05) is 69.2 Å². The van der Waals surface area contributed by atoms with E-state index in [4.69, 9.17) is 9.15 Å². The second-order valence-electron chi connectivity index (χ2n) is 6.37. The fourth-order valence-corrected chi connectivity index (χ4v) is 2.45. The van der Waals surface area contributed by atoms with Gasteiger partial charge in [-0.3, -0.25) is 4.90 Å². The van der Waals surface area contributed by atoms with Crippen LogP contribution in [0.1, 0.15) is 31.2 Å². The summed E-state index contributed by atoms with van der Waals surface area (Å²) >= 11 is 0. The van der Waals surface area contributed by atoms with E-state index >= 15 is 0 Å². The maximum Gasteiger partial charge on any atom is 0.315 e. The molecule has 0 aliphatic heterocycles. The van der Waals surface area contributed by atoms with Crippen LogP contribution in [-0.2, 0) is 6.54 Å². The quantitative estimate of drug-likeness (QED) is 0.771. The average molecular weight is 345 g/mol. The van der Waals surface area contributed by atoms with Crippen LogP contribution in [0.15, 0.2) is 47.1 Å². The van der Waals surface area contributed by atoms with Gasteiger partial charge in [0.05, 0.1) is 18.4 Å². The molecule has 1 atom stereocenters. The number of benzene rings is 1. The number of carbonyl (C=O) groups excluding carboxylic acids is 1. The van der Waals surface area contributed by atoms with Gasteiger partial charge >= 0.3 is 6.03 Å². The van der Waals surface area contributed by atoms with Gasteiger partial charge < -0.3 is 19.8 Å². The number of hydrogen-bond acceptors (Lipinski definition) is 4. The van der Waals surface area contributed by atoms with E-state index in [0.717, 1.165) is 17.1 Å². The number of hydrogen-bond donors (Lipinski definition) is 2. The first-order valence-electron chi connectivity index (χ1n) is 8.43. The molecule has 136 valence electrons. The van der Waals surface area contributed by atoms with Gasteiger partial charge in [-0.25, -0.2) is 4.79 Å². The molecule has 1 unspecified atom stereocenters. The topological polar surface area (TPSA) is 66.7 Å². The molecule has 6 heteroatoms. The van der Waals surface area contributed by atoms with Gasteiger partial charge in [-0.1, -0.05) is 12.1 Å². The summed E-state index contributed by atoms with van der Waals surface area (Å²) < 4.78 is 11.1. The summed E-state index contributed by atoms with van der Waals surface area (Å²) in [6.45, 7) is 4.87. The third kappa shape index (κ3) is 6.15. The highest BCUT2D eigenvalue weighted by Gasteiger charge is 2.17. The Morgan fingerprint density at radius 2 is 2.00 bits per heavy atom. The van der Waals surface area contributed by atoms with Crippen molar-refractivity contribution in [2.45, 2.75) is 32.5 Å². The zero-order chi connectivity index (χ0) is 18.2. The highest BCUT2D eigenvalue weighted by Crippen LogP contribution is 2.17. The standard InChI is InChI=1S/C19H27N3O3/c1-14(2)25-16-8-5-7-15(11-16)12-20-19(23)21-13-17(22(3)4)18-9-6-10-24-18/h5-11,14,17H,12-13H2,1-4H3,(H2,20,21,23). The number of rotatable bonds is 8. The van der Waals surface area contributed by atoms with E-state index in [-0.39, 0.29) is 18.2 Å². The van der Waals surface area contributed by atoms with Crippen LogP contribution in [0.4, 0.5) is 4.79 Å². The highest BCUT2D eigenvalue weighted by atomic mass is 16.5. The molecule has 6 nitrogen and oxygen atoms in total. The molecule has 0 radical (unpaired) electrons. The molecule has 2 aromatic rings. The highest BCUT2D eigenvalue weighted by molar-refractivity contribution is 5.73. The van der Waals surface area contributed by atoms with Gasteiger partial charge in [0.15, 0.2) is 0 Å². The Balaban J connectivity index is 1.82. The summed E-state index contributed by atoms with van der Waals surface area (Å²) in [6, 6.07) is 11.3. The van der Waals surface area contributed by atoms with Gasteiger partial charge in [0.2, 0.25) is 0 Å². The van der Waals surface area contributed by atoms with E-state index in [1.165, 1.54) is 0 Å². The van der Waals surface area contributed by atoms with Crippen LogP contribution in [0.3, 0.4) is 0 Å². The van der Waals surface area contributed by atoms with E-state index in [9.17, 15) is 4.79 Å². The minimum Gasteiger partial charge on any atom is -0.491 e. The van der Waals surface area contributed by atoms with Gasteiger partial charge in [-0.05, 0) is 57.8 Å². The molecule has 0 saturated heterocycles. The zero-order valence-corrected chi connectivity index (χ0v) is 15.3. The third-order valence-electron chi connectivity index (χ3n) is 3.67. The van der Waals surface area contributed by atoms with Crippen molar-refractivity contribution in [3.63, 3.8) is 0 Å². The van der Waals surface area contributed by atoms with Crippen molar-refractivity contribution in [1.29, 1.82) is 0 Å². The van der Waals surface area contributed by atoms with E-state index in [2.05, 4.69) is 10.6 Å². The lowest BCUT2D eigenvalue weighted by atomic mass is 10.2. The zero-order valence-electron chi connectivity index (χ0n) is 15.3. The second kappa shape index (κ2) is 9.13. The van der Waals surface area contributed by atoms with Crippen LogP contribution >= 0.6 is 0 Å². The third-order valence-corrected chi connectivity index (χ3v) is 3.67. The van der Waals surface area contributed by atoms with Crippen molar-refractivity contribution in [3.8, 4) is 5.75 Å². The van der Waals surface area contributed by atoms with Gasteiger partial charge in [0.25, 0.3) is 0 Å². The normalized spacial score (nSPS) is 12.2. The number of nitrogens with one attached hydrogen (secondary N) is 2. The van der Waals surface area contributed by atoms with Gasteiger partial charge in [0.1, 0.15) is 11.5 Å². The van der Waals surface area contributed by atoms with Crippen LogP contribution in [0.2, 0.25) is 0 Å². The monoisotopic (exact) mass is 345 g/mol. The molecular weight excluding hydrogens is 318 g/mol. The largest absolute Gasteiger partial charge is 0.491 e. The minimum atomic E-state index is -0.214. The fraction of sp³-hybridized carbons (Fsp3) is 0.421. The van der Waals surface area contributed by atoms with Crippen LogP contribution in [0.5, 0.6) is 5.75 Å². The number of furan rings is 1. The molecule has 0 saturated carbocycles. The molecule has 0 fully saturated rings. The molecular formula is C19H27N3O3. The summed E-state index contributed by atoms with van der Waals surface area (Å²) in [5.41, 5.74) is 0.989. The molecule has 25 heavy (non-hydrogen) atoms. The van der Waals surface area contributed by atoms with Gasteiger partial charge in [0, 0.05) is 13.1 Å². The number of urea groups is 1. The molecule has 0 aliphatic rings. The number of carbonyl (C=O) groups is 1. The Morgan fingerprint density at radius 1 is 1.20 bits per heavy atom. The molecule has 2 amide bonds. The van der Waals surface area contributed by atoms with Crippen LogP contribution in [0, 0.1) is 0 Å². The number of ether oxygens (including phenoxy) is 1. The Morgan fingerprint density at radius 3 is 2.64 bits per heavy atom. The van der Waals surface area contributed by atoms with Gasteiger partial charge in [-0.2, -0.15) is 0 Å². The number of likely N-dealkylation sites (N-methyl/N-ethyl adjacent to an activating group) is 1. The molecule has 1 aromatic heterocycles. The smallest absolute Gasteiger partial charge is 0.315 e. The van der Waals surface area contributed by atoms with Crippen LogP contribution < -0.4 is 15.4 Å². The van der Waals surface area contributed by atoms with Crippen molar-refractivity contribution in [1.82, 2.24) is 15.5 Å². The summed E-state index contributed by atoms with van der Waals surface area (Å²) in [7, 11) is 3.90. The lowest BCUT2D eigenvalue weighted by molar-refractivity contribution is 0.225. The number of amides is 2. The molecule has 2 N–H and O–H groups in total. The summed E-state index contributed by atoms with van der Waals surface area (Å²) in [5, 5.41) is 5.75.